The maximum absolute atomic E-state index is 5.84. The molecular weight excluding hydrogens is 178 g/mol. The fraction of sp³-hybridized carbons (Fsp3) is 0.700. The molecular formula is C10H15N3O. The molecule has 3 aliphatic rings. The monoisotopic (exact) mass is 193 g/mol. The molecule has 0 spiro atoms. The number of nitrogens with one attached hydrogen (secondary N) is 1. The SMILES string of the molecule is c1cc(CN2OC3CCC2CC3)[nH]n1. The second-order valence-corrected chi connectivity index (χ2v) is 4.19. The van der Waals surface area contributed by atoms with Crippen LogP contribution in [0.3, 0.4) is 0 Å². The number of hydroxylamine groups is 2. The van der Waals surface area contributed by atoms with E-state index in [0.717, 1.165) is 12.2 Å². The third-order valence-electron chi connectivity index (χ3n) is 3.22. The molecule has 76 valence electrons. The van der Waals surface area contributed by atoms with Crippen molar-refractivity contribution in [3.63, 3.8) is 0 Å². The number of H-pyrrole nitrogens is 1. The van der Waals surface area contributed by atoms with Gasteiger partial charge in [-0.05, 0) is 31.7 Å². The summed E-state index contributed by atoms with van der Waals surface area (Å²) in [7, 11) is 0. The number of aromatic nitrogens is 2. The Morgan fingerprint density at radius 3 is 2.86 bits per heavy atom. The number of nitrogens with zero attached hydrogens (tertiary/aromatic N) is 2. The highest BCUT2D eigenvalue weighted by atomic mass is 16.7. The lowest BCUT2D eigenvalue weighted by molar-refractivity contribution is -0.282. The van der Waals surface area contributed by atoms with E-state index in [4.69, 9.17) is 4.84 Å². The summed E-state index contributed by atoms with van der Waals surface area (Å²) in [5, 5.41) is 9.04. The second-order valence-electron chi connectivity index (χ2n) is 4.19. The van der Waals surface area contributed by atoms with Gasteiger partial charge in [0.25, 0.3) is 0 Å². The number of fused-ring (bicyclic) bond motifs is 3. The van der Waals surface area contributed by atoms with Crippen LogP contribution in [0, 0.1) is 0 Å². The van der Waals surface area contributed by atoms with Crippen LogP contribution < -0.4 is 0 Å². The number of hydrogen-bond donors (Lipinski definition) is 1. The molecule has 0 unspecified atom stereocenters. The first-order valence-corrected chi connectivity index (χ1v) is 5.33. The molecule has 3 heterocycles. The van der Waals surface area contributed by atoms with Crippen molar-refractivity contribution < 1.29 is 4.84 Å². The van der Waals surface area contributed by atoms with Gasteiger partial charge in [-0.1, -0.05) is 0 Å². The maximum atomic E-state index is 5.84. The zero-order valence-electron chi connectivity index (χ0n) is 8.15. The van der Waals surface area contributed by atoms with Crippen molar-refractivity contribution in [1.29, 1.82) is 0 Å². The van der Waals surface area contributed by atoms with Gasteiger partial charge in [0.15, 0.2) is 0 Å². The summed E-state index contributed by atoms with van der Waals surface area (Å²) in [6.45, 7) is 0.848. The number of aromatic amines is 1. The lowest BCUT2D eigenvalue weighted by Crippen LogP contribution is -2.48. The van der Waals surface area contributed by atoms with Crippen LogP contribution in [-0.2, 0) is 11.4 Å². The maximum Gasteiger partial charge on any atom is 0.0794 e. The van der Waals surface area contributed by atoms with E-state index in [9.17, 15) is 0 Å². The largest absolute Gasteiger partial charge is 0.295 e. The molecule has 14 heavy (non-hydrogen) atoms. The Hall–Kier alpha value is -0.870. The number of rotatable bonds is 2. The van der Waals surface area contributed by atoms with Crippen LogP contribution in [0.25, 0.3) is 0 Å². The molecule has 0 amide bonds. The van der Waals surface area contributed by atoms with E-state index in [2.05, 4.69) is 15.3 Å². The van der Waals surface area contributed by atoms with E-state index < -0.39 is 0 Å². The summed E-state index contributed by atoms with van der Waals surface area (Å²) < 4.78 is 0. The fourth-order valence-electron chi connectivity index (χ4n) is 2.42. The third kappa shape index (κ3) is 1.44. The molecule has 2 aliphatic heterocycles. The Balaban J connectivity index is 1.68. The molecule has 4 heteroatoms. The van der Waals surface area contributed by atoms with Crippen molar-refractivity contribution in [3.05, 3.63) is 18.0 Å². The molecule has 3 fully saturated rings. The molecule has 0 atom stereocenters. The van der Waals surface area contributed by atoms with Gasteiger partial charge in [0.2, 0.25) is 0 Å². The average molecular weight is 193 g/mol. The van der Waals surface area contributed by atoms with Crippen molar-refractivity contribution in [2.24, 2.45) is 0 Å². The standard InChI is InChI=1S/C10H15N3O/c1-3-10-4-2-9(1)13(14-10)7-8-5-6-11-12-8/h5-6,9-10H,1-4,7H2,(H,11,12). The first kappa shape index (κ1) is 8.44. The van der Waals surface area contributed by atoms with Gasteiger partial charge in [0, 0.05) is 12.2 Å². The molecule has 4 rings (SSSR count). The van der Waals surface area contributed by atoms with Crippen molar-refractivity contribution in [3.8, 4) is 0 Å². The van der Waals surface area contributed by atoms with E-state index in [-0.39, 0.29) is 0 Å². The summed E-state index contributed by atoms with van der Waals surface area (Å²) in [6, 6.07) is 2.63. The summed E-state index contributed by atoms with van der Waals surface area (Å²) in [6.07, 6.45) is 7.33. The number of hydrogen-bond acceptors (Lipinski definition) is 3. The zero-order valence-corrected chi connectivity index (χ0v) is 8.15. The average Bonchev–Trinajstić information content (AvgIpc) is 2.72. The van der Waals surface area contributed by atoms with Crippen LogP contribution in [0.1, 0.15) is 31.4 Å². The van der Waals surface area contributed by atoms with E-state index in [1.165, 1.54) is 25.7 Å². The molecule has 1 aromatic rings. The molecule has 4 nitrogen and oxygen atoms in total. The van der Waals surface area contributed by atoms with Gasteiger partial charge >= 0.3 is 0 Å². The molecule has 1 N–H and O–H groups in total. The lowest BCUT2D eigenvalue weighted by atomic mass is 9.91. The Morgan fingerprint density at radius 2 is 2.29 bits per heavy atom. The Bertz CT molecular complexity index is 290. The normalized spacial score (nSPS) is 32.3. The van der Waals surface area contributed by atoms with Crippen molar-refractivity contribution in [2.45, 2.75) is 44.4 Å². The minimum absolute atomic E-state index is 0.475. The van der Waals surface area contributed by atoms with E-state index in [1.54, 1.807) is 6.20 Å². The molecule has 1 aromatic heterocycles. The highest BCUT2D eigenvalue weighted by molar-refractivity contribution is 4.97. The Labute approximate surface area is 83.2 Å². The molecule has 2 saturated heterocycles. The molecule has 2 bridgehead atoms. The van der Waals surface area contributed by atoms with E-state index >= 15 is 0 Å². The fourth-order valence-corrected chi connectivity index (χ4v) is 2.42. The molecule has 0 radical (unpaired) electrons. The van der Waals surface area contributed by atoms with Crippen LogP contribution in [0.15, 0.2) is 12.3 Å². The lowest BCUT2D eigenvalue weighted by Gasteiger charge is -2.44. The first-order chi connectivity index (χ1) is 6.92. The smallest absolute Gasteiger partial charge is 0.0794 e. The molecule has 1 aliphatic carbocycles. The van der Waals surface area contributed by atoms with Crippen LogP contribution in [0.2, 0.25) is 0 Å². The van der Waals surface area contributed by atoms with Gasteiger partial charge in [-0.2, -0.15) is 10.2 Å². The van der Waals surface area contributed by atoms with Gasteiger partial charge in [-0.15, -0.1) is 0 Å². The summed E-state index contributed by atoms with van der Waals surface area (Å²) in [5.74, 6) is 0. The highest BCUT2D eigenvalue weighted by Crippen LogP contribution is 2.33. The quantitative estimate of drug-likeness (QED) is 0.773. The first-order valence-electron chi connectivity index (χ1n) is 5.33. The van der Waals surface area contributed by atoms with Gasteiger partial charge in [0.05, 0.1) is 18.3 Å². The topological polar surface area (TPSA) is 41.1 Å². The van der Waals surface area contributed by atoms with Crippen molar-refractivity contribution >= 4 is 0 Å². The van der Waals surface area contributed by atoms with Crippen LogP contribution in [0.4, 0.5) is 0 Å². The van der Waals surface area contributed by atoms with Gasteiger partial charge in [-0.3, -0.25) is 9.94 Å². The van der Waals surface area contributed by atoms with Crippen LogP contribution in [0.5, 0.6) is 0 Å². The van der Waals surface area contributed by atoms with Crippen molar-refractivity contribution in [1.82, 2.24) is 15.3 Å². The van der Waals surface area contributed by atoms with Crippen LogP contribution in [-0.4, -0.2) is 27.4 Å². The predicted molar refractivity (Wildman–Crippen MR) is 51.3 cm³/mol. The molecule has 0 aromatic carbocycles. The van der Waals surface area contributed by atoms with Crippen molar-refractivity contribution in [2.75, 3.05) is 0 Å². The molecule has 1 saturated carbocycles. The van der Waals surface area contributed by atoms with Gasteiger partial charge in [0.1, 0.15) is 0 Å². The minimum atomic E-state index is 0.475. The predicted octanol–water partition coefficient (Wildman–Crippen LogP) is 1.47. The summed E-state index contributed by atoms with van der Waals surface area (Å²) in [4.78, 5) is 5.84. The van der Waals surface area contributed by atoms with E-state index in [1.807, 2.05) is 6.07 Å². The minimum Gasteiger partial charge on any atom is -0.295 e. The summed E-state index contributed by atoms with van der Waals surface area (Å²) >= 11 is 0. The zero-order chi connectivity index (χ0) is 9.38. The highest BCUT2D eigenvalue weighted by Gasteiger charge is 2.34. The Kier molecular flexibility index (Phi) is 2.03. The van der Waals surface area contributed by atoms with Crippen LogP contribution >= 0.6 is 0 Å². The van der Waals surface area contributed by atoms with Gasteiger partial charge in [-0.25, -0.2) is 0 Å². The summed E-state index contributed by atoms with van der Waals surface area (Å²) in [5.41, 5.74) is 1.14. The second kappa shape index (κ2) is 3.37. The van der Waals surface area contributed by atoms with E-state index in [0.29, 0.717) is 12.1 Å². The third-order valence-corrected chi connectivity index (χ3v) is 3.22. The van der Waals surface area contributed by atoms with Gasteiger partial charge < -0.3 is 0 Å². The Morgan fingerprint density at radius 1 is 1.43 bits per heavy atom.